The van der Waals surface area contributed by atoms with Crippen molar-refractivity contribution >= 4 is 39.5 Å². The van der Waals surface area contributed by atoms with Gasteiger partial charge in [0, 0.05) is 23.1 Å². The fourth-order valence-electron chi connectivity index (χ4n) is 3.88. The monoisotopic (exact) mass is 458 g/mol. The molecule has 0 unspecified atom stereocenters. The zero-order valence-corrected chi connectivity index (χ0v) is 18.8. The minimum Gasteiger partial charge on any atom is -0.460 e. The second-order valence-corrected chi connectivity index (χ2v) is 8.44. The van der Waals surface area contributed by atoms with Crippen LogP contribution in [0.1, 0.15) is 34.4 Å². The van der Waals surface area contributed by atoms with Gasteiger partial charge >= 0.3 is 5.97 Å². The molecule has 7 nitrogen and oxygen atoms in total. The number of nitrogens with zero attached hydrogens (tertiary/aromatic N) is 3. The van der Waals surface area contributed by atoms with E-state index in [-0.39, 0.29) is 12.4 Å². The van der Waals surface area contributed by atoms with E-state index >= 15 is 0 Å². The van der Waals surface area contributed by atoms with Gasteiger partial charge < -0.3 is 15.0 Å². The van der Waals surface area contributed by atoms with Crippen molar-refractivity contribution in [3.63, 3.8) is 0 Å². The Balaban J connectivity index is 1.40. The van der Waals surface area contributed by atoms with Crippen LogP contribution < -0.4 is 5.84 Å². The molecule has 2 heterocycles. The number of ether oxygens (including phenoxy) is 1. The van der Waals surface area contributed by atoms with Gasteiger partial charge in [0.15, 0.2) is 5.82 Å². The van der Waals surface area contributed by atoms with Crippen molar-refractivity contribution in [2.75, 3.05) is 12.4 Å². The van der Waals surface area contributed by atoms with Crippen LogP contribution in [0.2, 0.25) is 0 Å². The first kappa shape index (κ1) is 21.1. The number of hydrogen-bond donors (Lipinski definition) is 1. The van der Waals surface area contributed by atoms with Gasteiger partial charge in [-0.25, -0.2) is 9.47 Å². The summed E-state index contributed by atoms with van der Waals surface area (Å²) in [6.45, 7) is 2.04. The summed E-state index contributed by atoms with van der Waals surface area (Å²) in [5, 5.41) is 12.4. The molecule has 0 aliphatic rings. The smallest absolute Gasteiger partial charge is 0.374 e. The van der Waals surface area contributed by atoms with Gasteiger partial charge in [0.05, 0.1) is 6.61 Å². The van der Waals surface area contributed by atoms with Crippen molar-refractivity contribution in [3.05, 3.63) is 89.4 Å². The third kappa shape index (κ3) is 4.05. The highest BCUT2D eigenvalue weighted by Crippen LogP contribution is 2.32. The molecular formula is C25H22N4O3S. The standard InChI is InChI=1S/C25H22N4O3S/c1-2-31-24(30)23-20(19-12-5-6-13-21(19)32-23)15-33-25-28-27-22(29(25)26)14-17-10-7-9-16-8-3-4-11-18(16)17/h3-13H,2,14-15,26H2,1H3. The van der Waals surface area contributed by atoms with Crippen LogP contribution in [-0.4, -0.2) is 27.4 Å². The first-order chi connectivity index (χ1) is 16.2. The van der Waals surface area contributed by atoms with E-state index in [2.05, 4.69) is 34.5 Å². The average molecular weight is 459 g/mol. The van der Waals surface area contributed by atoms with Gasteiger partial charge in [-0.15, -0.1) is 10.2 Å². The summed E-state index contributed by atoms with van der Waals surface area (Å²) in [5.41, 5.74) is 2.53. The maximum Gasteiger partial charge on any atom is 0.374 e. The Morgan fingerprint density at radius 1 is 1.03 bits per heavy atom. The van der Waals surface area contributed by atoms with Crippen LogP contribution in [0, 0.1) is 0 Å². The molecule has 33 heavy (non-hydrogen) atoms. The van der Waals surface area contributed by atoms with Gasteiger partial charge in [-0.1, -0.05) is 72.4 Å². The predicted molar refractivity (Wildman–Crippen MR) is 129 cm³/mol. The van der Waals surface area contributed by atoms with Gasteiger partial charge in [-0.05, 0) is 29.3 Å². The van der Waals surface area contributed by atoms with E-state index in [9.17, 15) is 4.79 Å². The number of aromatic nitrogens is 3. The van der Waals surface area contributed by atoms with Gasteiger partial charge in [-0.2, -0.15) is 0 Å². The second-order valence-electron chi connectivity index (χ2n) is 7.50. The fourth-order valence-corrected chi connectivity index (χ4v) is 4.79. The van der Waals surface area contributed by atoms with Crippen molar-refractivity contribution in [2.24, 2.45) is 0 Å². The summed E-state index contributed by atoms with van der Waals surface area (Å²) in [5.74, 6) is 7.19. The molecule has 0 saturated heterocycles. The number of benzene rings is 3. The van der Waals surface area contributed by atoms with Gasteiger partial charge in [0.25, 0.3) is 0 Å². The van der Waals surface area contributed by atoms with E-state index in [1.807, 2.05) is 42.5 Å². The van der Waals surface area contributed by atoms with E-state index < -0.39 is 5.97 Å². The van der Waals surface area contributed by atoms with Crippen LogP contribution >= 0.6 is 11.8 Å². The molecule has 2 N–H and O–H groups in total. The summed E-state index contributed by atoms with van der Waals surface area (Å²) in [4.78, 5) is 12.4. The maximum absolute atomic E-state index is 12.4. The maximum atomic E-state index is 12.4. The number of hydrogen-bond acceptors (Lipinski definition) is 7. The molecule has 0 bridgehead atoms. The van der Waals surface area contributed by atoms with E-state index in [1.54, 1.807) is 6.92 Å². The molecule has 5 aromatic rings. The lowest BCUT2D eigenvalue weighted by Crippen LogP contribution is -2.14. The molecule has 0 spiro atoms. The zero-order valence-electron chi connectivity index (χ0n) is 18.0. The highest BCUT2D eigenvalue weighted by atomic mass is 32.2. The highest BCUT2D eigenvalue weighted by molar-refractivity contribution is 7.98. The largest absolute Gasteiger partial charge is 0.460 e. The number of nitrogens with two attached hydrogens (primary N) is 1. The summed E-state index contributed by atoms with van der Waals surface area (Å²) in [6, 6.07) is 22.0. The molecular weight excluding hydrogens is 436 g/mol. The summed E-state index contributed by atoms with van der Waals surface area (Å²) < 4.78 is 12.5. The molecule has 5 rings (SSSR count). The first-order valence-electron chi connectivity index (χ1n) is 10.6. The van der Waals surface area contributed by atoms with Crippen molar-refractivity contribution in [1.82, 2.24) is 14.9 Å². The van der Waals surface area contributed by atoms with E-state index in [1.165, 1.54) is 27.2 Å². The van der Waals surface area contributed by atoms with Crippen LogP contribution in [0.25, 0.3) is 21.7 Å². The zero-order chi connectivity index (χ0) is 22.8. The Bertz CT molecular complexity index is 1450. The highest BCUT2D eigenvalue weighted by Gasteiger charge is 2.22. The molecule has 0 aliphatic carbocycles. The fraction of sp³-hybridized carbons (Fsp3) is 0.160. The van der Waals surface area contributed by atoms with Crippen LogP contribution in [-0.2, 0) is 16.9 Å². The number of furan rings is 1. The molecule has 2 aromatic heterocycles. The number of nitrogen functional groups attached to an aromatic ring is 1. The van der Waals surface area contributed by atoms with Crippen molar-refractivity contribution in [1.29, 1.82) is 0 Å². The van der Waals surface area contributed by atoms with E-state index in [0.29, 0.717) is 28.7 Å². The molecule has 3 aromatic carbocycles. The number of esters is 1. The molecule has 0 radical (unpaired) electrons. The van der Waals surface area contributed by atoms with E-state index in [4.69, 9.17) is 15.0 Å². The molecule has 166 valence electrons. The summed E-state index contributed by atoms with van der Waals surface area (Å²) >= 11 is 1.40. The average Bonchev–Trinajstić information content (AvgIpc) is 3.38. The summed E-state index contributed by atoms with van der Waals surface area (Å²) in [6.07, 6.45) is 0.564. The molecule has 0 atom stereocenters. The third-order valence-corrected chi connectivity index (χ3v) is 6.44. The Kier molecular flexibility index (Phi) is 5.75. The normalized spacial score (nSPS) is 11.3. The minimum absolute atomic E-state index is 0.213. The molecule has 0 saturated carbocycles. The van der Waals surface area contributed by atoms with Crippen molar-refractivity contribution in [3.8, 4) is 0 Å². The Morgan fingerprint density at radius 2 is 1.79 bits per heavy atom. The van der Waals surface area contributed by atoms with E-state index in [0.717, 1.165) is 16.5 Å². The van der Waals surface area contributed by atoms with Crippen molar-refractivity contribution < 1.29 is 13.9 Å². The number of fused-ring (bicyclic) bond motifs is 2. The lowest BCUT2D eigenvalue weighted by atomic mass is 10.0. The molecule has 0 aliphatic heterocycles. The number of rotatable bonds is 7. The van der Waals surface area contributed by atoms with Gasteiger partial charge in [-0.3, -0.25) is 0 Å². The molecule has 8 heteroatoms. The molecule has 0 fully saturated rings. The summed E-state index contributed by atoms with van der Waals surface area (Å²) in [7, 11) is 0. The van der Waals surface area contributed by atoms with Gasteiger partial charge in [0.2, 0.25) is 10.9 Å². The number of carbonyl (C=O) groups is 1. The number of carbonyl (C=O) groups excluding carboxylic acids is 1. The van der Waals surface area contributed by atoms with Crippen LogP contribution in [0.3, 0.4) is 0 Å². The Morgan fingerprint density at radius 3 is 2.64 bits per heavy atom. The lowest BCUT2D eigenvalue weighted by Gasteiger charge is -2.07. The van der Waals surface area contributed by atoms with Crippen LogP contribution in [0.15, 0.2) is 76.3 Å². The minimum atomic E-state index is -0.477. The van der Waals surface area contributed by atoms with Gasteiger partial charge in [0.1, 0.15) is 5.58 Å². The molecule has 0 amide bonds. The third-order valence-electron chi connectivity index (χ3n) is 5.47. The van der Waals surface area contributed by atoms with Crippen molar-refractivity contribution in [2.45, 2.75) is 24.3 Å². The predicted octanol–water partition coefficient (Wildman–Crippen LogP) is 4.95. The quantitative estimate of drug-likeness (QED) is 0.209. The Hall–Kier alpha value is -3.78. The van der Waals surface area contributed by atoms with Crippen LogP contribution in [0.5, 0.6) is 0 Å². The first-order valence-corrected chi connectivity index (χ1v) is 11.6. The number of para-hydroxylation sites is 1. The SMILES string of the molecule is CCOC(=O)c1oc2ccccc2c1CSc1nnc(Cc2cccc3ccccc23)n1N. The van der Waals surface area contributed by atoms with Crippen LogP contribution in [0.4, 0.5) is 0 Å². The number of thioether (sulfide) groups is 1. The second kappa shape index (κ2) is 8.99. The Labute approximate surface area is 194 Å². The topological polar surface area (TPSA) is 96.2 Å². The lowest BCUT2D eigenvalue weighted by molar-refractivity contribution is 0.0491.